The molecule has 1 atom stereocenters. The second kappa shape index (κ2) is 12.5. The zero-order valence-corrected chi connectivity index (χ0v) is 23.8. The Kier molecular flexibility index (Phi) is 8.41. The van der Waals surface area contributed by atoms with Gasteiger partial charge in [-0.05, 0) is 93.2 Å². The molecule has 0 saturated carbocycles. The number of imidazole rings is 1. The van der Waals surface area contributed by atoms with Crippen LogP contribution in [0.2, 0.25) is 0 Å². The average molecular weight is 571 g/mol. The minimum atomic E-state index is 0.219. The number of hydrogen-bond acceptors (Lipinski definition) is 7. The van der Waals surface area contributed by atoms with Crippen LogP contribution in [0.15, 0.2) is 60.9 Å². The van der Waals surface area contributed by atoms with E-state index in [1.807, 2.05) is 30.3 Å². The number of hydrogen-bond donors (Lipinski definition) is 1. The maximum absolute atomic E-state index is 11.4. The summed E-state index contributed by atoms with van der Waals surface area (Å²) in [6.07, 6.45) is 9.17. The van der Waals surface area contributed by atoms with Gasteiger partial charge in [0.05, 0.1) is 41.0 Å². The lowest BCUT2D eigenvalue weighted by molar-refractivity contribution is -0.0592. The molecule has 8 nitrogen and oxygen atoms in total. The maximum atomic E-state index is 11.4. The van der Waals surface area contributed by atoms with E-state index in [1.165, 1.54) is 11.9 Å². The summed E-state index contributed by atoms with van der Waals surface area (Å²) in [5, 5.41) is 0.454. The number of aryl methyl sites for hydroxylation is 2. The third-order valence-electron chi connectivity index (χ3n) is 8.25. The van der Waals surface area contributed by atoms with E-state index >= 15 is 0 Å². The Morgan fingerprint density at radius 2 is 1.93 bits per heavy atom. The van der Waals surface area contributed by atoms with Crippen molar-refractivity contribution in [3.05, 3.63) is 95.0 Å². The molecule has 0 bridgehead atoms. The Hall–Kier alpha value is -3.59. The maximum Gasteiger partial charge on any atom is 0.150 e. The van der Waals surface area contributed by atoms with Crippen LogP contribution < -0.4 is 5.73 Å². The van der Waals surface area contributed by atoms with Crippen LogP contribution in [-0.4, -0.2) is 56.5 Å². The van der Waals surface area contributed by atoms with Gasteiger partial charge in [-0.2, -0.15) is 0 Å². The van der Waals surface area contributed by atoms with E-state index in [-0.39, 0.29) is 6.10 Å². The van der Waals surface area contributed by atoms with E-state index in [0.717, 1.165) is 99.3 Å². The van der Waals surface area contributed by atoms with Crippen molar-refractivity contribution in [1.82, 2.24) is 24.4 Å². The van der Waals surface area contributed by atoms with Crippen molar-refractivity contribution in [1.29, 1.82) is 0 Å². The third-order valence-corrected chi connectivity index (χ3v) is 8.57. The highest BCUT2D eigenvalue weighted by Crippen LogP contribution is 2.29. The van der Waals surface area contributed by atoms with E-state index in [9.17, 15) is 4.79 Å². The lowest BCUT2D eigenvalue weighted by Crippen LogP contribution is -2.35. The van der Waals surface area contributed by atoms with Crippen LogP contribution in [0.25, 0.3) is 16.1 Å². The summed E-state index contributed by atoms with van der Waals surface area (Å²) in [6, 6.07) is 16.1. The second-order valence-electron chi connectivity index (χ2n) is 11.0. The lowest BCUT2D eigenvalue weighted by atomic mass is 9.92. The molecule has 0 radical (unpaired) electrons. The number of rotatable bonds is 10. The fraction of sp³-hybridized carbons (Fsp3) is 0.375. The summed E-state index contributed by atoms with van der Waals surface area (Å²) < 4.78 is 7.99. The molecule has 1 aromatic carbocycles. The van der Waals surface area contributed by atoms with Crippen molar-refractivity contribution in [2.24, 2.45) is 5.73 Å². The van der Waals surface area contributed by atoms with Crippen LogP contribution in [0.3, 0.4) is 0 Å². The van der Waals surface area contributed by atoms with Gasteiger partial charge < -0.3 is 15.0 Å². The number of carbonyl (C=O) groups is 1. The van der Waals surface area contributed by atoms with Gasteiger partial charge in [0, 0.05) is 41.9 Å². The van der Waals surface area contributed by atoms with Crippen molar-refractivity contribution in [2.45, 2.75) is 57.2 Å². The molecule has 2 aliphatic rings. The number of pyridine rings is 2. The van der Waals surface area contributed by atoms with E-state index in [4.69, 9.17) is 32.0 Å². The van der Waals surface area contributed by atoms with Crippen LogP contribution in [-0.2, 0) is 30.7 Å². The molecule has 0 spiro atoms. The highest BCUT2D eigenvalue weighted by molar-refractivity contribution is 6.48. The number of aromatic nitrogens is 4. The fourth-order valence-corrected chi connectivity index (χ4v) is 5.89. The van der Waals surface area contributed by atoms with Crippen LogP contribution in [0.1, 0.15) is 64.0 Å². The van der Waals surface area contributed by atoms with Crippen molar-refractivity contribution >= 4 is 34.0 Å². The molecular weight excluding hydrogens is 536 g/mol. The molecular formula is C32H35ClN6O2. The highest BCUT2D eigenvalue weighted by Gasteiger charge is 2.26. The lowest BCUT2D eigenvalue weighted by Gasteiger charge is -2.32. The van der Waals surface area contributed by atoms with Gasteiger partial charge in [-0.15, -0.1) is 0 Å². The number of benzene rings is 1. The normalized spacial score (nSPS) is 18.5. The zero-order valence-electron chi connectivity index (χ0n) is 23.1. The zero-order chi connectivity index (χ0) is 28.2. The SMILES string of the molecule is NC=C(Cl)c1cc(CCc2cccc(C3CCN(Cc4nc5ccc(C=O)cc5n4CC4CCO4)CC3)n2)ccn1. The summed E-state index contributed by atoms with van der Waals surface area (Å²) in [4.78, 5) is 28.2. The summed E-state index contributed by atoms with van der Waals surface area (Å²) in [7, 11) is 0. The van der Waals surface area contributed by atoms with E-state index in [0.29, 0.717) is 22.2 Å². The summed E-state index contributed by atoms with van der Waals surface area (Å²) >= 11 is 6.14. The predicted molar refractivity (Wildman–Crippen MR) is 161 cm³/mol. The topological polar surface area (TPSA) is 99.2 Å². The molecule has 212 valence electrons. The molecule has 2 aliphatic heterocycles. The fourth-order valence-electron chi connectivity index (χ4n) is 5.79. The first-order chi connectivity index (χ1) is 20.1. The van der Waals surface area contributed by atoms with E-state index in [1.54, 1.807) is 6.20 Å². The number of piperidine rings is 1. The Morgan fingerprint density at radius 3 is 2.68 bits per heavy atom. The quantitative estimate of drug-likeness (QED) is 0.265. The average Bonchev–Trinajstić information content (AvgIpc) is 3.33. The van der Waals surface area contributed by atoms with Crippen LogP contribution in [0, 0.1) is 0 Å². The molecule has 3 aromatic heterocycles. The molecule has 2 N–H and O–H groups in total. The number of ether oxygens (including phenoxy) is 1. The number of likely N-dealkylation sites (tertiary alicyclic amines) is 1. The van der Waals surface area contributed by atoms with E-state index < -0.39 is 0 Å². The number of aldehydes is 1. The molecule has 2 fully saturated rings. The first-order valence-corrected chi connectivity index (χ1v) is 14.7. The molecule has 0 aliphatic carbocycles. The number of carbonyl (C=O) groups excluding carboxylic acids is 1. The summed E-state index contributed by atoms with van der Waals surface area (Å²) in [6.45, 7) is 4.37. The summed E-state index contributed by atoms with van der Waals surface area (Å²) in [5.74, 6) is 1.49. The Bertz CT molecular complexity index is 1560. The van der Waals surface area contributed by atoms with E-state index in [2.05, 4.69) is 32.7 Å². The van der Waals surface area contributed by atoms with Gasteiger partial charge in [-0.3, -0.25) is 19.7 Å². The summed E-state index contributed by atoms with van der Waals surface area (Å²) in [5.41, 5.74) is 12.3. The van der Waals surface area contributed by atoms with Crippen LogP contribution in [0.5, 0.6) is 0 Å². The van der Waals surface area contributed by atoms with Gasteiger partial charge >= 0.3 is 0 Å². The Balaban J connectivity index is 1.09. The number of fused-ring (bicyclic) bond motifs is 1. The predicted octanol–water partition coefficient (Wildman–Crippen LogP) is 5.09. The van der Waals surface area contributed by atoms with Gasteiger partial charge in [0.25, 0.3) is 0 Å². The third kappa shape index (κ3) is 6.35. The molecule has 41 heavy (non-hydrogen) atoms. The van der Waals surface area contributed by atoms with Crippen molar-refractivity contribution < 1.29 is 9.53 Å². The standard InChI is InChI=1S/C32H35ClN6O2/c33-27(18-34)30-16-22(8-12-35-30)4-6-25-2-1-3-28(36-25)24-9-13-38(14-10-24)20-32-37-29-7-5-23(21-40)17-31(29)39(32)19-26-11-15-41-26/h1-3,5,7-8,12,16-18,21,24,26H,4,6,9-11,13-15,19-20,34H2. The molecule has 0 amide bonds. The van der Waals surface area contributed by atoms with Crippen LogP contribution >= 0.6 is 11.6 Å². The number of nitrogens with zero attached hydrogens (tertiary/aromatic N) is 5. The second-order valence-corrected chi connectivity index (χ2v) is 11.4. The monoisotopic (exact) mass is 570 g/mol. The van der Waals surface area contributed by atoms with Gasteiger partial charge in [0.15, 0.2) is 0 Å². The first-order valence-electron chi connectivity index (χ1n) is 14.4. The number of halogens is 1. The van der Waals surface area contributed by atoms with Gasteiger partial charge in [0.1, 0.15) is 12.1 Å². The largest absolute Gasteiger partial charge is 0.403 e. The molecule has 9 heteroatoms. The van der Waals surface area contributed by atoms with Gasteiger partial charge in [-0.25, -0.2) is 4.98 Å². The molecule has 4 aromatic rings. The van der Waals surface area contributed by atoms with Crippen molar-refractivity contribution in [3.63, 3.8) is 0 Å². The Morgan fingerprint density at radius 1 is 1.07 bits per heavy atom. The molecule has 1 unspecified atom stereocenters. The van der Waals surface area contributed by atoms with Crippen molar-refractivity contribution in [2.75, 3.05) is 19.7 Å². The van der Waals surface area contributed by atoms with Gasteiger partial charge in [-0.1, -0.05) is 17.7 Å². The van der Waals surface area contributed by atoms with Gasteiger partial charge in [0.2, 0.25) is 0 Å². The molecule has 2 saturated heterocycles. The van der Waals surface area contributed by atoms with Crippen LogP contribution in [0.4, 0.5) is 0 Å². The minimum absolute atomic E-state index is 0.219. The molecule has 5 heterocycles. The number of nitrogens with two attached hydrogens (primary N) is 1. The molecule has 6 rings (SSSR count). The first kappa shape index (κ1) is 27.6. The highest BCUT2D eigenvalue weighted by atomic mass is 35.5. The Labute approximate surface area is 245 Å². The van der Waals surface area contributed by atoms with Crippen molar-refractivity contribution in [3.8, 4) is 0 Å². The smallest absolute Gasteiger partial charge is 0.150 e. The minimum Gasteiger partial charge on any atom is -0.403 e.